The van der Waals surface area contributed by atoms with Crippen LogP contribution in [0.1, 0.15) is 0 Å². The van der Waals surface area contributed by atoms with E-state index in [9.17, 15) is 8.78 Å². The van der Waals surface area contributed by atoms with Gasteiger partial charge in [-0.2, -0.15) is 0 Å². The maximum Gasteiger partial charge on any atom is 0.261 e. The van der Waals surface area contributed by atoms with E-state index in [1.807, 2.05) is 0 Å². The van der Waals surface area contributed by atoms with E-state index in [-0.39, 0.29) is 0 Å². The van der Waals surface area contributed by atoms with Crippen LogP contribution in [0.15, 0.2) is 50.9 Å². The molecule has 2 N–H and O–H groups in total. The maximum atomic E-state index is 13.1. The zero-order chi connectivity index (χ0) is 13.4. The van der Waals surface area contributed by atoms with Crippen LogP contribution in [-0.4, -0.2) is 4.98 Å². The molecule has 3 nitrogen and oxygen atoms in total. The van der Waals surface area contributed by atoms with Crippen LogP contribution in [0, 0.1) is 11.6 Å². The summed E-state index contributed by atoms with van der Waals surface area (Å²) in [6, 6.07) is 8.84. The minimum Gasteiger partial charge on any atom is -0.431 e. The highest BCUT2D eigenvalue weighted by molar-refractivity contribution is 7.99. The fourth-order valence-electron chi connectivity index (χ4n) is 1.63. The number of nitrogen functional groups attached to an aromatic ring is 1. The zero-order valence-electron chi connectivity index (χ0n) is 9.56. The first-order chi connectivity index (χ1) is 9.13. The molecule has 0 aliphatic rings. The maximum absolute atomic E-state index is 13.1. The lowest BCUT2D eigenvalue weighted by molar-refractivity contribution is 0.488. The van der Waals surface area contributed by atoms with E-state index >= 15 is 0 Å². The summed E-state index contributed by atoms with van der Waals surface area (Å²) >= 11 is 1.10. The molecule has 0 saturated carbocycles. The molecule has 6 heteroatoms. The van der Waals surface area contributed by atoms with Crippen molar-refractivity contribution in [2.24, 2.45) is 0 Å². The van der Waals surface area contributed by atoms with E-state index in [1.54, 1.807) is 18.2 Å². The third-order valence-electron chi connectivity index (χ3n) is 2.53. The van der Waals surface area contributed by atoms with Gasteiger partial charge in [0.1, 0.15) is 5.52 Å². The van der Waals surface area contributed by atoms with Crippen molar-refractivity contribution in [2.45, 2.75) is 10.1 Å². The smallest absolute Gasteiger partial charge is 0.261 e. The summed E-state index contributed by atoms with van der Waals surface area (Å²) in [5.74, 6) is -1.79. The van der Waals surface area contributed by atoms with Gasteiger partial charge in [0.25, 0.3) is 5.22 Å². The van der Waals surface area contributed by atoms with Crippen molar-refractivity contribution >= 4 is 28.5 Å². The summed E-state index contributed by atoms with van der Waals surface area (Å²) < 4.78 is 31.4. The van der Waals surface area contributed by atoms with Gasteiger partial charge in [0, 0.05) is 4.90 Å². The summed E-state index contributed by atoms with van der Waals surface area (Å²) in [5.41, 5.74) is 7.40. The molecular formula is C13H8F2N2OS. The van der Waals surface area contributed by atoms with Crippen LogP contribution in [-0.2, 0) is 0 Å². The third kappa shape index (κ3) is 2.26. The summed E-state index contributed by atoms with van der Waals surface area (Å²) in [7, 11) is 0. The molecule has 0 atom stereocenters. The molecule has 3 aromatic rings. The van der Waals surface area contributed by atoms with Gasteiger partial charge in [-0.3, -0.25) is 0 Å². The van der Waals surface area contributed by atoms with Gasteiger partial charge in [-0.15, -0.1) is 0 Å². The molecular weight excluding hydrogens is 270 g/mol. The van der Waals surface area contributed by atoms with E-state index in [0.717, 1.165) is 23.9 Å². The average molecular weight is 278 g/mol. The largest absolute Gasteiger partial charge is 0.431 e. The second-order valence-corrected chi connectivity index (χ2v) is 4.88. The van der Waals surface area contributed by atoms with E-state index in [0.29, 0.717) is 26.9 Å². The van der Waals surface area contributed by atoms with E-state index in [2.05, 4.69) is 4.98 Å². The number of oxazole rings is 1. The molecule has 0 spiro atoms. The highest BCUT2D eigenvalue weighted by Crippen LogP contribution is 2.32. The first-order valence-corrected chi connectivity index (χ1v) is 6.23. The molecule has 19 heavy (non-hydrogen) atoms. The zero-order valence-corrected chi connectivity index (χ0v) is 10.4. The molecule has 1 heterocycles. The molecule has 2 aromatic carbocycles. The number of benzene rings is 2. The third-order valence-corrected chi connectivity index (χ3v) is 3.37. The number of hydrogen-bond acceptors (Lipinski definition) is 4. The standard InChI is InChI=1S/C13H8F2N2OS/c14-8-5-4-7(6-9(8)15)19-13-17-12-10(16)2-1-3-11(12)18-13/h1-6H,16H2. The van der Waals surface area contributed by atoms with Gasteiger partial charge < -0.3 is 10.2 Å². The van der Waals surface area contributed by atoms with Crippen LogP contribution in [0.5, 0.6) is 0 Å². The Bertz CT molecular complexity index is 757. The molecule has 0 amide bonds. The lowest BCUT2D eigenvalue weighted by atomic mass is 10.3. The Morgan fingerprint density at radius 2 is 1.95 bits per heavy atom. The molecule has 0 bridgehead atoms. The van der Waals surface area contributed by atoms with Gasteiger partial charge in [0.2, 0.25) is 0 Å². The normalized spacial score (nSPS) is 11.1. The first kappa shape index (κ1) is 12.0. The molecule has 0 fully saturated rings. The van der Waals surface area contributed by atoms with Gasteiger partial charge in [-0.1, -0.05) is 6.07 Å². The number of nitrogens with two attached hydrogens (primary N) is 1. The Morgan fingerprint density at radius 3 is 2.68 bits per heavy atom. The predicted octanol–water partition coefficient (Wildman–Crippen LogP) is 3.84. The summed E-state index contributed by atoms with van der Waals surface area (Å²) in [6.07, 6.45) is 0. The Balaban J connectivity index is 1.96. The quantitative estimate of drug-likeness (QED) is 0.724. The van der Waals surface area contributed by atoms with Crippen molar-refractivity contribution in [2.75, 3.05) is 5.73 Å². The topological polar surface area (TPSA) is 52.0 Å². The summed E-state index contributed by atoms with van der Waals surface area (Å²) in [6.45, 7) is 0. The number of anilines is 1. The first-order valence-electron chi connectivity index (χ1n) is 5.41. The van der Waals surface area contributed by atoms with Crippen LogP contribution in [0.2, 0.25) is 0 Å². The molecule has 0 saturated heterocycles. The van der Waals surface area contributed by atoms with E-state index < -0.39 is 11.6 Å². The number of para-hydroxylation sites is 1. The second kappa shape index (κ2) is 4.55. The molecule has 1 aromatic heterocycles. The van der Waals surface area contributed by atoms with Crippen molar-refractivity contribution < 1.29 is 13.2 Å². The number of halogens is 2. The Hall–Kier alpha value is -2.08. The van der Waals surface area contributed by atoms with Crippen molar-refractivity contribution in [3.8, 4) is 0 Å². The number of fused-ring (bicyclic) bond motifs is 1. The molecule has 96 valence electrons. The van der Waals surface area contributed by atoms with Crippen LogP contribution < -0.4 is 5.73 Å². The summed E-state index contributed by atoms with van der Waals surface area (Å²) in [5, 5.41) is 0.332. The van der Waals surface area contributed by atoms with Crippen molar-refractivity contribution in [1.82, 2.24) is 4.98 Å². The highest BCUT2D eigenvalue weighted by atomic mass is 32.2. The average Bonchev–Trinajstić information content (AvgIpc) is 2.78. The van der Waals surface area contributed by atoms with Gasteiger partial charge in [-0.05, 0) is 42.1 Å². The van der Waals surface area contributed by atoms with Crippen LogP contribution in [0.3, 0.4) is 0 Å². The number of aromatic nitrogens is 1. The van der Waals surface area contributed by atoms with Gasteiger partial charge in [0.15, 0.2) is 17.2 Å². The molecule has 0 aliphatic carbocycles. The Labute approximate surface area is 111 Å². The highest BCUT2D eigenvalue weighted by Gasteiger charge is 2.11. The van der Waals surface area contributed by atoms with Gasteiger partial charge in [0.05, 0.1) is 5.69 Å². The number of nitrogens with zero attached hydrogens (tertiary/aromatic N) is 1. The molecule has 0 unspecified atom stereocenters. The number of rotatable bonds is 2. The van der Waals surface area contributed by atoms with Crippen molar-refractivity contribution in [1.29, 1.82) is 0 Å². The Morgan fingerprint density at radius 1 is 1.11 bits per heavy atom. The van der Waals surface area contributed by atoms with Crippen LogP contribution in [0.25, 0.3) is 11.1 Å². The summed E-state index contributed by atoms with van der Waals surface area (Å²) in [4.78, 5) is 4.72. The van der Waals surface area contributed by atoms with Gasteiger partial charge >= 0.3 is 0 Å². The lowest BCUT2D eigenvalue weighted by Gasteiger charge is -1.97. The minimum atomic E-state index is -0.902. The van der Waals surface area contributed by atoms with Crippen LogP contribution in [0.4, 0.5) is 14.5 Å². The number of hydrogen-bond donors (Lipinski definition) is 1. The molecule has 3 rings (SSSR count). The van der Waals surface area contributed by atoms with E-state index in [4.69, 9.17) is 10.2 Å². The van der Waals surface area contributed by atoms with E-state index in [1.165, 1.54) is 6.07 Å². The van der Waals surface area contributed by atoms with Crippen molar-refractivity contribution in [3.63, 3.8) is 0 Å². The van der Waals surface area contributed by atoms with Crippen molar-refractivity contribution in [3.05, 3.63) is 48.0 Å². The SMILES string of the molecule is Nc1cccc2oc(Sc3ccc(F)c(F)c3)nc12. The second-order valence-electron chi connectivity index (χ2n) is 3.85. The van der Waals surface area contributed by atoms with Gasteiger partial charge in [-0.25, -0.2) is 13.8 Å². The fourth-order valence-corrected chi connectivity index (χ4v) is 2.40. The molecule has 0 radical (unpaired) electrons. The minimum absolute atomic E-state index is 0.332. The Kier molecular flexibility index (Phi) is 2.87. The molecule has 0 aliphatic heterocycles. The van der Waals surface area contributed by atoms with Crippen LogP contribution >= 0.6 is 11.8 Å². The monoisotopic (exact) mass is 278 g/mol. The lowest BCUT2D eigenvalue weighted by Crippen LogP contribution is -1.85. The fraction of sp³-hybridized carbons (Fsp3) is 0. The predicted molar refractivity (Wildman–Crippen MR) is 68.9 cm³/mol.